The van der Waals surface area contributed by atoms with E-state index in [0.29, 0.717) is 0 Å². The highest BCUT2D eigenvalue weighted by molar-refractivity contribution is 5.67. The molecule has 0 amide bonds. The summed E-state index contributed by atoms with van der Waals surface area (Å²) in [5, 5.41) is 5.87. The van der Waals surface area contributed by atoms with Crippen LogP contribution in [0.1, 0.15) is 6.42 Å². The Morgan fingerprint density at radius 1 is 1.27 bits per heavy atom. The second-order valence-corrected chi connectivity index (χ2v) is 2.32. The molecule has 0 fully saturated rings. The molecule has 1 aliphatic heterocycles. The zero-order valence-electron chi connectivity index (χ0n) is 6.07. The molecule has 0 atom stereocenters. The van der Waals surface area contributed by atoms with E-state index in [1.54, 1.807) is 0 Å². The van der Waals surface area contributed by atoms with Crippen LogP contribution in [0.25, 0.3) is 0 Å². The van der Waals surface area contributed by atoms with Gasteiger partial charge in [0.25, 0.3) is 0 Å². The number of hydrogen-bond acceptors (Lipinski definition) is 2. The second-order valence-electron chi connectivity index (χ2n) is 2.32. The maximum absolute atomic E-state index is 4.03. The molecule has 2 radical (unpaired) electrons. The first-order valence-corrected chi connectivity index (χ1v) is 3.58. The highest BCUT2D eigenvalue weighted by atomic mass is 15.5. The minimum atomic E-state index is 0.814. The summed E-state index contributed by atoms with van der Waals surface area (Å²) in [6.45, 7) is 2.00. The molecule has 0 spiro atoms. The first-order valence-electron chi connectivity index (χ1n) is 3.58. The number of anilines is 1. The lowest BCUT2D eigenvalue weighted by Gasteiger charge is -2.11. The fourth-order valence-electron chi connectivity index (χ4n) is 1.03. The molecule has 0 unspecified atom stereocenters. The van der Waals surface area contributed by atoms with Gasteiger partial charge in [-0.15, -0.1) is 0 Å². The number of para-hydroxylation sites is 1. The number of hydrazone groups is 1. The monoisotopic (exact) mass is 144 g/mol. The van der Waals surface area contributed by atoms with Crippen molar-refractivity contribution in [3.63, 3.8) is 0 Å². The maximum atomic E-state index is 4.03. The summed E-state index contributed by atoms with van der Waals surface area (Å²) < 4.78 is 0. The van der Waals surface area contributed by atoms with Gasteiger partial charge >= 0.3 is 0 Å². The lowest BCUT2D eigenvalue weighted by Crippen LogP contribution is -2.05. The summed E-state index contributed by atoms with van der Waals surface area (Å²) in [6, 6.07) is 10.0. The summed E-state index contributed by atoms with van der Waals surface area (Å²) in [4.78, 5) is 0. The molecule has 2 rings (SSSR count). The van der Waals surface area contributed by atoms with Crippen LogP contribution in [0, 0.1) is 6.54 Å². The van der Waals surface area contributed by atoms with Gasteiger partial charge in [0.2, 0.25) is 0 Å². The van der Waals surface area contributed by atoms with Gasteiger partial charge in [-0.2, -0.15) is 5.10 Å². The quantitative estimate of drug-likeness (QED) is 0.588. The van der Waals surface area contributed by atoms with Crippen LogP contribution >= 0.6 is 0 Å². The zero-order chi connectivity index (χ0) is 7.52. The predicted octanol–water partition coefficient (Wildman–Crippen LogP) is 1.92. The molecule has 0 aliphatic carbocycles. The minimum Gasteiger partial charge on any atom is -0.260 e. The van der Waals surface area contributed by atoms with Crippen LogP contribution in [0.4, 0.5) is 5.69 Å². The van der Waals surface area contributed by atoms with Crippen molar-refractivity contribution in [1.82, 2.24) is 0 Å². The lowest BCUT2D eigenvalue weighted by molar-refractivity contribution is 1.03. The zero-order valence-corrected chi connectivity index (χ0v) is 6.07. The van der Waals surface area contributed by atoms with E-state index >= 15 is 0 Å². The third-order valence-corrected chi connectivity index (χ3v) is 1.55. The van der Waals surface area contributed by atoms with Crippen molar-refractivity contribution < 1.29 is 0 Å². The first-order chi connectivity index (χ1) is 5.47. The van der Waals surface area contributed by atoms with Crippen LogP contribution in [0.5, 0.6) is 0 Å². The highest BCUT2D eigenvalue weighted by Gasteiger charge is 2.07. The van der Waals surface area contributed by atoms with Crippen LogP contribution in [-0.4, -0.2) is 6.21 Å². The molecule has 11 heavy (non-hydrogen) atoms. The van der Waals surface area contributed by atoms with Crippen molar-refractivity contribution in [3.8, 4) is 0 Å². The van der Waals surface area contributed by atoms with E-state index < -0.39 is 0 Å². The number of benzene rings is 1. The standard InChI is InChI=1S/C9H8N2/c1-2-5-9(6-3-1)11-8-4-7-10-11/h1-3,5-6,8H,4H2. The van der Waals surface area contributed by atoms with Gasteiger partial charge in [-0.3, -0.25) is 5.01 Å². The topological polar surface area (TPSA) is 15.6 Å². The van der Waals surface area contributed by atoms with Crippen molar-refractivity contribution in [2.45, 2.75) is 6.42 Å². The fourth-order valence-corrected chi connectivity index (χ4v) is 1.03. The first kappa shape index (κ1) is 6.40. The highest BCUT2D eigenvalue weighted by Crippen LogP contribution is 2.18. The molecule has 0 N–H and O–H groups in total. The third-order valence-electron chi connectivity index (χ3n) is 1.55. The van der Waals surface area contributed by atoms with Crippen LogP contribution in [0.2, 0.25) is 0 Å². The summed E-state index contributed by atoms with van der Waals surface area (Å²) in [5.41, 5.74) is 1.09. The SMILES string of the molecule is [C]1=NN(c2ccccc2)[CH]C1. The Hall–Kier alpha value is -1.31. The Morgan fingerprint density at radius 2 is 2.09 bits per heavy atom. The molecule has 0 saturated carbocycles. The van der Waals surface area contributed by atoms with Crippen LogP contribution in [0.15, 0.2) is 35.4 Å². The molecule has 1 aliphatic rings. The Labute approximate surface area is 66.1 Å². The number of hydrogen-bond donors (Lipinski definition) is 0. The van der Waals surface area contributed by atoms with Gasteiger partial charge in [0, 0.05) is 6.42 Å². The summed E-state index contributed by atoms with van der Waals surface area (Å²) >= 11 is 0. The van der Waals surface area contributed by atoms with E-state index in [-0.39, 0.29) is 0 Å². The van der Waals surface area contributed by atoms with E-state index in [1.165, 1.54) is 0 Å². The average Bonchev–Trinajstić information content (AvgIpc) is 2.58. The molecule has 2 nitrogen and oxygen atoms in total. The lowest BCUT2D eigenvalue weighted by atomic mass is 10.3. The minimum absolute atomic E-state index is 0.814. The predicted molar refractivity (Wildman–Crippen MR) is 45.3 cm³/mol. The Balaban J connectivity index is 2.23. The molecule has 0 bridgehead atoms. The molecule has 0 saturated heterocycles. The van der Waals surface area contributed by atoms with Crippen molar-refractivity contribution in [1.29, 1.82) is 0 Å². The molecule has 0 aromatic heterocycles. The molecular formula is C9H8N2. The Bertz CT molecular complexity index is 254. The van der Waals surface area contributed by atoms with Gasteiger partial charge in [0.15, 0.2) is 0 Å². The molecular weight excluding hydrogens is 136 g/mol. The smallest absolute Gasteiger partial charge is 0.0865 e. The van der Waals surface area contributed by atoms with Gasteiger partial charge in [-0.05, 0) is 12.1 Å². The van der Waals surface area contributed by atoms with Gasteiger partial charge in [-0.1, -0.05) is 18.2 Å². The number of nitrogens with zero attached hydrogens (tertiary/aromatic N) is 2. The van der Waals surface area contributed by atoms with Gasteiger partial charge in [-0.25, -0.2) is 0 Å². The van der Waals surface area contributed by atoms with Crippen molar-refractivity contribution in [3.05, 3.63) is 36.9 Å². The third kappa shape index (κ3) is 1.24. The largest absolute Gasteiger partial charge is 0.260 e. The van der Waals surface area contributed by atoms with Gasteiger partial charge in [0.05, 0.1) is 18.4 Å². The fraction of sp³-hybridized carbons (Fsp3) is 0.111. The van der Waals surface area contributed by atoms with E-state index in [4.69, 9.17) is 0 Å². The number of rotatable bonds is 1. The molecule has 54 valence electrons. The molecule has 1 heterocycles. The Morgan fingerprint density at radius 3 is 2.73 bits per heavy atom. The second kappa shape index (κ2) is 2.74. The van der Waals surface area contributed by atoms with Gasteiger partial charge < -0.3 is 0 Å². The van der Waals surface area contributed by atoms with E-state index in [0.717, 1.165) is 12.1 Å². The maximum Gasteiger partial charge on any atom is 0.0865 e. The van der Waals surface area contributed by atoms with Crippen molar-refractivity contribution in [2.75, 3.05) is 5.01 Å². The molecule has 1 aromatic carbocycles. The van der Waals surface area contributed by atoms with Gasteiger partial charge in [0.1, 0.15) is 0 Å². The van der Waals surface area contributed by atoms with Crippen molar-refractivity contribution in [2.24, 2.45) is 5.10 Å². The van der Waals surface area contributed by atoms with Crippen molar-refractivity contribution >= 4 is 11.9 Å². The Kier molecular flexibility index (Phi) is 1.60. The van der Waals surface area contributed by atoms with Crippen LogP contribution < -0.4 is 5.01 Å². The normalized spacial score (nSPS) is 15.8. The van der Waals surface area contributed by atoms with E-state index in [1.807, 2.05) is 41.9 Å². The van der Waals surface area contributed by atoms with Crippen LogP contribution in [-0.2, 0) is 0 Å². The summed E-state index contributed by atoms with van der Waals surface area (Å²) in [5.74, 6) is 0. The summed E-state index contributed by atoms with van der Waals surface area (Å²) in [6.07, 6.45) is 3.68. The molecule has 1 aromatic rings. The summed E-state index contributed by atoms with van der Waals surface area (Å²) in [7, 11) is 0. The van der Waals surface area contributed by atoms with Crippen LogP contribution in [0.3, 0.4) is 0 Å². The average molecular weight is 144 g/mol. The molecule has 2 heteroatoms. The van der Waals surface area contributed by atoms with E-state index in [2.05, 4.69) is 11.3 Å². The van der Waals surface area contributed by atoms with E-state index in [9.17, 15) is 0 Å².